The monoisotopic (exact) mass is 249 g/mol. The Bertz CT molecular complexity index is 434. The van der Waals surface area contributed by atoms with Gasteiger partial charge in [0.25, 0.3) is 0 Å². The van der Waals surface area contributed by atoms with Crippen molar-refractivity contribution in [3.63, 3.8) is 0 Å². The van der Waals surface area contributed by atoms with E-state index < -0.39 is 0 Å². The van der Waals surface area contributed by atoms with Crippen molar-refractivity contribution < 1.29 is 9.13 Å². The number of benzene rings is 1. The standard InChI is InChI=1S/C15H20FNO/c1-3-5-6-7-18-15-10-12(8-13(16)11-15)9-14(17)4-2/h8,10-11,14H,4,6-7,9,17H2,1-2H3. The first-order chi connectivity index (χ1) is 8.65. The third kappa shape index (κ3) is 5.20. The van der Waals surface area contributed by atoms with E-state index in [-0.39, 0.29) is 11.9 Å². The minimum atomic E-state index is -0.285. The van der Waals surface area contributed by atoms with E-state index in [4.69, 9.17) is 10.5 Å². The Balaban J connectivity index is 2.64. The molecule has 1 unspecified atom stereocenters. The minimum Gasteiger partial charge on any atom is -0.492 e. The molecule has 1 aromatic carbocycles. The Labute approximate surface area is 108 Å². The van der Waals surface area contributed by atoms with Crippen LogP contribution in [0.15, 0.2) is 18.2 Å². The lowest BCUT2D eigenvalue weighted by atomic mass is 10.0. The maximum atomic E-state index is 13.4. The lowest BCUT2D eigenvalue weighted by molar-refractivity contribution is 0.325. The molecule has 1 atom stereocenters. The predicted octanol–water partition coefficient (Wildman–Crippen LogP) is 2.90. The highest BCUT2D eigenvalue weighted by atomic mass is 19.1. The largest absolute Gasteiger partial charge is 0.492 e. The van der Waals surface area contributed by atoms with E-state index in [1.807, 2.05) is 13.0 Å². The van der Waals surface area contributed by atoms with Crippen molar-refractivity contribution in [2.24, 2.45) is 5.73 Å². The lowest BCUT2D eigenvalue weighted by Gasteiger charge is -2.11. The highest BCUT2D eigenvalue weighted by molar-refractivity contribution is 5.30. The highest BCUT2D eigenvalue weighted by Crippen LogP contribution is 2.18. The molecule has 0 aliphatic rings. The van der Waals surface area contributed by atoms with Gasteiger partial charge in [-0.1, -0.05) is 6.92 Å². The first kappa shape index (κ1) is 14.5. The third-order valence-corrected chi connectivity index (χ3v) is 2.63. The molecule has 0 spiro atoms. The summed E-state index contributed by atoms with van der Waals surface area (Å²) in [6.45, 7) is 4.28. The predicted molar refractivity (Wildman–Crippen MR) is 71.9 cm³/mol. The second-order valence-corrected chi connectivity index (χ2v) is 4.19. The summed E-state index contributed by atoms with van der Waals surface area (Å²) in [6, 6.07) is 4.80. The van der Waals surface area contributed by atoms with E-state index in [0.29, 0.717) is 25.2 Å². The maximum absolute atomic E-state index is 13.4. The third-order valence-electron chi connectivity index (χ3n) is 2.63. The van der Waals surface area contributed by atoms with Gasteiger partial charge < -0.3 is 10.5 Å². The zero-order valence-corrected chi connectivity index (χ0v) is 11.0. The fourth-order valence-electron chi connectivity index (χ4n) is 1.61. The van der Waals surface area contributed by atoms with Gasteiger partial charge in [-0.05, 0) is 37.5 Å². The number of hydrogen-bond donors (Lipinski definition) is 1. The van der Waals surface area contributed by atoms with Crippen molar-refractivity contribution in [2.75, 3.05) is 6.61 Å². The first-order valence-electron chi connectivity index (χ1n) is 6.23. The van der Waals surface area contributed by atoms with Gasteiger partial charge in [0.1, 0.15) is 11.6 Å². The molecular weight excluding hydrogens is 229 g/mol. The van der Waals surface area contributed by atoms with Crippen LogP contribution in [0.2, 0.25) is 0 Å². The Morgan fingerprint density at radius 3 is 2.83 bits per heavy atom. The fraction of sp³-hybridized carbons (Fsp3) is 0.467. The topological polar surface area (TPSA) is 35.2 Å². The van der Waals surface area contributed by atoms with Gasteiger partial charge >= 0.3 is 0 Å². The second-order valence-electron chi connectivity index (χ2n) is 4.19. The summed E-state index contributed by atoms with van der Waals surface area (Å²) >= 11 is 0. The molecule has 0 heterocycles. The molecule has 0 radical (unpaired) electrons. The lowest BCUT2D eigenvalue weighted by Crippen LogP contribution is -2.21. The Hall–Kier alpha value is -1.53. The summed E-state index contributed by atoms with van der Waals surface area (Å²) in [7, 11) is 0. The summed E-state index contributed by atoms with van der Waals surface area (Å²) in [5.41, 5.74) is 6.74. The smallest absolute Gasteiger partial charge is 0.127 e. The van der Waals surface area contributed by atoms with Gasteiger partial charge in [0.15, 0.2) is 0 Å². The molecule has 0 bridgehead atoms. The van der Waals surface area contributed by atoms with E-state index in [2.05, 4.69) is 11.8 Å². The molecule has 2 N–H and O–H groups in total. The molecule has 0 aliphatic carbocycles. The van der Waals surface area contributed by atoms with Gasteiger partial charge in [0.2, 0.25) is 0 Å². The molecule has 0 aliphatic heterocycles. The Kier molecular flexibility index (Phi) is 6.24. The molecule has 3 heteroatoms. The van der Waals surface area contributed by atoms with Crippen LogP contribution in [0, 0.1) is 17.7 Å². The molecule has 1 rings (SSSR count). The first-order valence-corrected chi connectivity index (χ1v) is 6.23. The number of hydrogen-bond acceptors (Lipinski definition) is 2. The summed E-state index contributed by atoms with van der Waals surface area (Å²) < 4.78 is 18.9. The molecular formula is C15H20FNO. The van der Waals surface area contributed by atoms with Crippen molar-refractivity contribution in [3.05, 3.63) is 29.6 Å². The summed E-state index contributed by atoms with van der Waals surface area (Å²) in [4.78, 5) is 0. The molecule has 0 saturated heterocycles. The van der Waals surface area contributed by atoms with Crippen LogP contribution >= 0.6 is 0 Å². The molecule has 0 saturated carbocycles. The summed E-state index contributed by atoms with van der Waals surface area (Å²) in [5.74, 6) is 5.95. The van der Waals surface area contributed by atoms with Crippen LogP contribution in [-0.4, -0.2) is 12.6 Å². The van der Waals surface area contributed by atoms with Gasteiger partial charge in [-0.15, -0.1) is 11.8 Å². The summed E-state index contributed by atoms with van der Waals surface area (Å²) in [6.07, 6.45) is 2.19. The SMILES string of the molecule is CC#CCCOc1cc(F)cc(CC(N)CC)c1. The number of rotatable bonds is 6. The van der Waals surface area contributed by atoms with E-state index in [1.165, 1.54) is 12.1 Å². The minimum absolute atomic E-state index is 0.0607. The highest BCUT2D eigenvalue weighted by Gasteiger charge is 2.05. The Morgan fingerprint density at radius 2 is 2.17 bits per heavy atom. The van der Waals surface area contributed by atoms with Crippen LogP contribution in [0.25, 0.3) is 0 Å². The average molecular weight is 249 g/mol. The van der Waals surface area contributed by atoms with Crippen molar-refractivity contribution in [1.82, 2.24) is 0 Å². The molecule has 18 heavy (non-hydrogen) atoms. The van der Waals surface area contributed by atoms with E-state index in [9.17, 15) is 4.39 Å². The molecule has 0 aromatic heterocycles. The fourth-order valence-corrected chi connectivity index (χ4v) is 1.61. The number of nitrogens with two attached hydrogens (primary N) is 1. The molecule has 0 amide bonds. The van der Waals surface area contributed by atoms with Crippen LogP contribution in [-0.2, 0) is 6.42 Å². The number of ether oxygens (including phenoxy) is 1. The van der Waals surface area contributed by atoms with Crippen LogP contribution in [0.1, 0.15) is 32.3 Å². The molecule has 0 fully saturated rings. The molecule has 1 aromatic rings. The van der Waals surface area contributed by atoms with Gasteiger partial charge in [0, 0.05) is 18.5 Å². The second kappa shape index (κ2) is 7.73. The Morgan fingerprint density at radius 1 is 1.39 bits per heavy atom. The van der Waals surface area contributed by atoms with Gasteiger partial charge in [-0.25, -0.2) is 4.39 Å². The van der Waals surface area contributed by atoms with Crippen LogP contribution in [0.3, 0.4) is 0 Å². The normalized spacial score (nSPS) is 11.6. The van der Waals surface area contributed by atoms with Gasteiger partial charge in [-0.3, -0.25) is 0 Å². The maximum Gasteiger partial charge on any atom is 0.127 e. The van der Waals surface area contributed by atoms with E-state index in [1.54, 1.807) is 6.92 Å². The van der Waals surface area contributed by atoms with Crippen LogP contribution in [0.4, 0.5) is 4.39 Å². The number of halogens is 1. The van der Waals surface area contributed by atoms with Crippen molar-refractivity contribution in [2.45, 2.75) is 39.2 Å². The zero-order valence-electron chi connectivity index (χ0n) is 11.0. The van der Waals surface area contributed by atoms with E-state index in [0.717, 1.165) is 12.0 Å². The van der Waals surface area contributed by atoms with Crippen molar-refractivity contribution >= 4 is 0 Å². The van der Waals surface area contributed by atoms with Crippen molar-refractivity contribution in [1.29, 1.82) is 0 Å². The van der Waals surface area contributed by atoms with Crippen LogP contribution in [0.5, 0.6) is 5.75 Å². The average Bonchev–Trinajstić information content (AvgIpc) is 2.34. The van der Waals surface area contributed by atoms with Gasteiger partial charge in [0.05, 0.1) is 6.61 Å². The van der Waals surface area contributed by atoms with Crippen molar-refractivity contribution in [3.8, 4) is 17.6 Å². The van der Waals surface area contributed by atoms with E-state index >= 15 is 0 Å². The zero-order chi connectivity index (χ0) is 13.4. The van der Waals surface area contributed by atoms with Crippen LogP contribution < -0.4 is 10.5 Å². The van der Waals surface area contributed by atoms with Gasteiger partial charge in [-0.2, -0.15) is 0 Å². The summed E-state index contributed by atoms with van der Waals surface area (Å²) in [5, 5.41) is 0. The molecule has 2 nitrogen and oxygen atoms in total. The quantitative estimate of drug-likeness (QED) is 0.621. The molecule has 98 valence electrons.